The van der Waals surface area contributed by atoms with Crippen LogP contribution in [0.4, 0.5) is 11.4 Å². The largest absolute Gasteiger partial charge is 0.323 e. The number of fused-ring (bicyclic) bond motifs is 1. The van der Waals surface area contributed by atoms with E-state index in [0.717, 1.165) is 10.6 Å². The Morgan fingerprint density at radius 3 is 2.73 bits per heavy atom. The second-order valence-electron chi connectivity index (χ2n) is 4.76. The van der Waals surface area contributed by atoms with Gasteiger partial charge in [0.1, 0.15) is 6.54 Å². The lowest BCUT2D eigenvalue weighted by Gasteiger charge is -2.28. The van der Waals surface area contributed by atoms with Gasteiger partial charge in [-0.25, -0.2) is 0 Å². The van der Waals surface area contributed by atoms with E-state index in [-0.39, 0.29) is 18.4 Å². The molecule has 0 spiro atoms. The molecule has 0 unspecified atom stereocenters. The summed E-state index contributed by atoms with van der Waals surface area (Å²) in [6, 6.07) is 14.6. The minimum atomic E-state index is -0.275. The van der Waals surface area contributed by atoms with Crippen molar-refractivity contribution < 1.29 is 9.59 Å². The van der Waals surface area contributed by atoms with Crippen molar-refractivity contribution in [3.63, 3.8) is 0 Å². The van der Waals surface area contributed by atoms with E-state index in [1.165, 1.54) is 16.7 Å². The Morgan fingerprint density at radius 1 is 1.18 bits per heavy atom. The summed E-state index contributed by atoms with van der Waals surface area (Å²) >= 11 is 7.51. The number of amides is 2. The summed E-state index contributed by atoms with van der Waals surface area (Å²) in [4.78, 5) is 26.8. The van der Waals surface area contributed by atoms with Gasteiger partial charge < -0.3 is 10.2 Å². The van der Waals surface area contributed by atoms with Crippen LogP contribution in [0.5, 0.6) is 0 Å². The molecule has 1 N–H and O–H groups in total. The van der Waals surface area contributed by atoms with Gasteiger partial charge in [0.15, 0.2) is 0 Å². The second kappa shape index (κ2) is 6.42. The number of hydrogen-bond acceptors (Lipinski definition) is 3. The lowest BCUT2D eigenvalue weighted by atomic mass is 10.2. The average molecular weight is 333 g/mol. The molecule has 4 nitrogen and oxygen atoms in total. The summed E-state index contributed by atoms with van der Waals surface area (Å²) < 4.78 is 0. The minimum absolute atomic E-state index is 0.0262. The van der Waals surface area contributed by atoms with Crippen molar-refractivity contribution in [3.05, 3.63) is 53.6 Å². The number of carbonyl (C=O) groups is 2. The van der Waals surface area contributed by atoms with Crippen molar-refractivity contribution >= 4 is 46.6 Å². The standard InChI is InChI=1S/C16H13ClN2O2S/c17-11-5-1-2-6-12(11)18-15(20)9-19-13-7-3-4-8-14(13)22-10-16(19)21/h1-8H,9-10H2,(H,18,20). The highest BCUT2D eigenvalue weighted by atomic mass is 35.5. The molecule has 2 aromatic rings. The number of anilines is 2. The highest BCUT2D eigenvalue weighted by Crippen LogP contribution is 2.34. The number of para-hydroxylation sites is 2. The fourth-order valence-electron chi connectivity index (χ4n) is 2.22. The van der Waals surface area contributed by atoms with Gasteiger partial charge in [0, 0.05) is 4.90 Å². The Bertz CT molecular complexity index is 736. The Labute approximate surface area is 137 Å². The molecular formula is C16H13ClN2O2S. The molecule has 0 atom stereocenters. The Hall–Kier alpha value is -1.98. The first-order chi connectivity index (χ1) is 10.6. The molecule has 0 fully saturated rings. The topological polar surface area (TPSA) is 49.4 Å². The van der Waals surface area contributed by atoms with Gasteiger partial charge in [-0.15, -0.1) is 11.8 Å². The zero-order chi connectivity index (χ0) is 15.5. The van der Waals surface area contributed by atoms with Crippen LogP contribution in [0.2, 0.25) is 5.02 Å². The minimum Gasteiger partial charge on any atom is -0.323 e. The van der Waals surface area contributed by atoms with Gasteiger partial charge in [0.05, 0.1) is 22.2 Å². The van der Waals surface area contributed by atoms with Crippen LogP contribution in [0.1, 0.15) is 0 Å². The Kier molecular flexibility index (Phi) is 4.36. The molecule has 3 rings (SSSR count). The predicted molar refractivity (Wildman–Crippen MR) is 89.6 cm³/mol. The van der Waals surface area contributed by atoms with Gasteiger partial charge in [0.25, 0.3) is 0 Å². The highest BCUT2D eigenvalue weighted by molar-refractivity contribution is 8.00. The van der Waals surface area contributed by atoms with Gasteiger partial charge in [-0.05, 0) is 24.3 Å². The van der Waals surface area contributed by atoms with Crippen molar-refractivity contribution in [2.24, 2.45) is 0 Å². The van der Waals surface area contributed by atoms with E-state index < -0.39 is 0 Å². The highest BCUT2D eigenvalue weighted by Gasteiger charge is 2.26. The lowest BCUT2D eigenvalue weighted by molar-refractivity contribution is -0.120. The maximum atomic E-state index is 12.2. The van der Waals surface area contributed by atoms with Crippen LogP contribution in [0.15, 0.2) is 53.4 Å². The summed E-state index contributed by atoms with van der Waals surface area (Å²) in [6.45, 7) is -0.0262. The summed E-state index contributed by atoms with van der Waals surface area (Å²) in [5.74, 6) is -0.00251. The molecule has 0 saturated heterocycles. The molecule has 2 amide bonds. The van der Waals surface area contributed by atoms with Crippen molar-refractivity contribution in [2.75, 3.05) is 22.5 Å². The maximum absolute atomic E-state index is 12.2. The zero-order valence-corrected chi connectivity index (χ0v) is 13.2. The number of hydrogen-bond donors (Lipinski definition) is 1. The maximum Gasteiger partial charge on any atom is 0.244 e. The summed E-state index contributed by atoms with van der Waals surface area (Å²) in [6.07, 6.45) is 0. The van der Waals surface area contributed by atoms with E-state index in [0.29, 0.717) is 16.5 Å². The number of thioether (sulfide) groups is 1. The summed E-state index contributed by atoms with van der Waals surface area (Å²) in [5.41, 5.74) is 1.32. The number of nitrogens with zero attached hydrogens (tertiary/aromatic N) is 1. The van der Waals surface area contributed by atoms with Crippen molar-refractivity contribution in [1.82, 2.24) is 0 Å². The van der Waals surface area contributed by atoms with E-state index in [2.05, 4.69) is 5.32 Å². The van der Waals surface area contributed by atoms with Crippen molar-refractivity contribution in [3.8, 4) is 0 Å². The molecule has 0 radical (unpaired) electrons. The van der Waals surface area contributed by atoms with Crippen molar-refractivity contribution in [2.45, 2.75) is 4.90 Å². The molecule has 1 aliphatic rings. The number of halogens is 1. The van der Waals surface area contributed by atoms with Crippen molar-refractivity contribution in [1.29, 1.82) is 0 Å². The molecule has 0 bridgehead atoms. The van der Waals surface area contributed by atoms with E-state index >= 15 is 0 Å². The number of benzene rings is 2. The second-order valence-corrected chi connectivity index (χ2v) is 6.19. The predicted octanol–water partition coefficient (Wildman–Crippen LogP) is 3.42. The Balaban J connectivity index is 1.77. The molecule has 0 aromatic heterocycles. The van der Waals surface area contributed by atoms with Crippen LogP contribution >= 0.6 is 23.4 Å². The molecule has 6 heteroatoms. The van der Waals surface area contributed by atoms with Gasteiger partial charge in [-0.2, -0.15) is 0 Å². The summed E-state index contributed by atoms with van der Waals surface area (Å²) in [7, 11) is 0. The molecule has 0 aliphatic carbocycles. The van der Waals surface area contributed by atoms with Gasteiger partial charge >= 0.3 is 0 Å². The van der Waals surface area contributed by atoms with E-state index in [4.69, 9.17) is 11.6 Å². The van der Waals surface area contributed by atoms with E-state index in [1.54, 1.807) is 24.3 Å². The molecule has 0 saturated carbocycles. The molecule has 22 heavy (non-hydrogen) atoms. The van der Waals surface area contributed by atoms with Crippen LogP contribution < -0.4 is 10.2 Å². The third-order valence-electron chi connectivity index (χ3n) is 3.26. The number of carbonyl (C=O) groups excluding carboxylic acids is 2. The van der Waals surface area contributed by atoms with Gasteiger partial charge in [-0.1, -0.05) is 35.9 Å². The molecule has 112 valence electrons. The monoisotopic (exact) mass is 332 g/mol. The third-order valence-corrected chi connectivity index (χ3v) is 4.64. The quantitative estimate of drug-likeness (QED) is 0.937. The van der Waals surface area contributed by atoms with Gasteiger partial charge in [-0.3, -0.25) is 9.59 Å². The fourth-order valence-corrected chi connectivity index (χ4v) is 3.34. The first-order valence-corrected chi connectivity index (χ1v) is 8.08. The Morgan fingerprint density at radius 2 is 1.91 bits per heavy atom. The SMILES string of the molecule is O=C(CN1C(=O)CSc2ccccc21)Nc1ccccc1Cl. The van der Waals surface area contributed by atoms with E-state index in [1.807, 2.05) is 24.3 Å². The van der Waals surface area contributed by atoms with Crippen LogP contribution in [-0.4, -0.2) is 24.1 Å². The summed E-state index contributed by atoms with van der Waals surface area (Å²) in [5, 5.41) is 3.21. The fraction of sp³-hybridized carbons (Fsp3) is 0.125. The van der Waals surface area contributed by atoms with Crippen LogP contribution in [0.3, 0.4) is 0 Å². The molecule has 2 aromatic carbocycles. The normalized spacial score (nSPS) is 13.7. The smallest absolute Gasteiger partial charge is 0.244 e. The molecular weight excluding hydrogens is 320 g/mol. The number of rotatable bonds is 3. The average Bonchev–Trinajstić information content (AvgIpc) is 2.52. The number of nitrogens with one attached hydrogen (secondary N) is 1. The molecule has 1 heterocycles. The van der Waals surface area contributed by atoms with Crippen LogP contribution in [0, 0.1) is 0 Å². The van der Waals surface area contributed by atoms with Gasteiger partial charge in [0.2, 0.25) is 11.8 Å². The van der Waals surface area contributed by atoms with Crippen LogP contribution in [-0.2, 0) is 9.59 Å². The molecule has 1 aliphatic heterocycles. The first kappa shape index (κ1) is 14.9. The van der Waals surface area contributed by atoms with E-state index in [9.17, 15) is 9.59 Å². The lowest BCUT2D eigenvalue weighted by Crippen LogP contribution is -2.41. The van der Waals surface area contributed by atoms with Crippen LogP contribution in [0.25, 0.3) is 0 Å². The zero-order valence-electron chi connectivity index (χ0n) is 11.6. The first-order valence-electron chi connectivity index (χ1n) is 6.72. The third kappa shape index (κ3) is 3.10.